The quantitative estimate of drug-likeness (QED) is 0.514. The molecule has 0 spiro atoms. The Morgan fingerprint density at radius 2 is 1.96 bits per heavy atom. The highest BCUT2D eigenvalue weighted by Gasteiger charge is 2.22. The summed E-state index contributed by atoms with van der Waals surface area (Å²) in [5.74, 6) is -1.06. The van der Waals surface area contributed by atoms with E-state index in [0.29, 0.717) is 5.69 Å². The lowest BCUT2D eigenvalue weighted by Crippen LogP contribution is -2.28. The molecule has 3 rings (SSSR count). The number of nitrogen functional groups attached to an aromatic ring is 1. The average molecular weight is 343 g/mol. The Morgan fingerprint density at radius 3 is 2.54 bits per heavy atom. The van der Waals surface area contributed by atoms with E-state index < -0.39 is 22.5 Å². The standard InChI is InChI=1S/C15H13N5O3S/c1-24(23)15-18-7-9-11(21)10(13(17)22)12(16)20(14(9)19-15)8-5-3-2-4-6-8/h2-7H,16H2,1H3,(H2,17,22). The Kier molecular flexibility index (Phi) is 3.96. The van der Waals surface area contributed by atoms with Crippen LogP contribution in [0.1, 0.15) is 10.4 Å². The van der Waals surface area contributed by atoms with Crippen LogP contribution in [-0.4, -0.2) is 31.3 Å². The normalized spacial score (nSPS) is 12.2. The van der Waals surface area contributed by atoms with Crippen LogP contribution in [0.2, 0.25) is 0 Å². The van der Waals surface area contributed by atoms with E-state index in [9.17, 15) is 14.1 Å². The molecule has 3 aromatic rings. The van der Waals surface area contributed by atoms with E-state index in [1.54, 1.807) is 30.3 Å². The molecule has 1 atom stereocenters. The lowest BCUT2D eigenvalue weighted by molar-refractivity contribution is 0.1000. The van der Waals surface area contributed by atoms with Crippen molar-refractivity contribution in [3.8, 4) is 5.69 Å². The molecular formula is C15H13N5O3S. The maximum atomic E-state index is 12.5. The number of nitrogens with two attached hydrogens (primary N) is 2. The third-order valence-corrected chi connectivity index (χ3v) is 4.16. The Bertz CT molecular complexity index is 1000. The molecule has 1 aromatic carbocycles. The Hall–Kier alpha value is -2.91. The highest BCUT2D eigenvalue weighted by molar-refractivity contribution is 7.90. The first-order chi connectivity index (χ1) is 11.4. The van der Waals surface area contributed by atoms with E-state index in [1.165, 1.54) is 17.0 Å². The second kappa shape index (κ2) is 5.95. The number of pyridine rings is 1. The maximum absolute atomic E-state index is 12.5. The van der Waals surface area contributed by atoms with Crippen LogP contribution in [0.25, 0.3) is 16.7 Å². The predicted octanol–water partition coefficient (Wildman–Crippen LogP) is 0.199. The lowest BCUT2D eigenvalue weighted by atomic mass is 10.1. The van der Waals surface area contributed by atoms with Gasteiger partial charge in [-0.25, -0.2) is 0 Å². The molecule has 1 amide bonds. The summed E-state index contributed by atoms with van der Waals surface area (Å²) in [7, 11) is 0. The van der Waals surface area contributed by atoms with Crippen LogP contribution in [0.4, 0.5) is 5.82 Å². The number of amides is 1. The number of aromatic nitrogens is 3. The summed E-state index contributed by atoms with van der Waals surface area (Å²) in [4.78, 5) is 32.3. The highest BCUT2D eigenvalue weighted by Crippen LogP contribution is 2.22. The van der Waals surface area contributed by atoms with Gasteiger partial charge in [-0.05, 0) is 12.1 Å². The summed E-state index contributed by atoms with van der Waals surface area (Å²) < 4.78 is 13.1. The number of fused-ring (bicyclic) bond motifs is 1. The molecule has 0 saturated carbocycles. The van der Waals surface area contributed by atoms with Gasteiger partial charge in [0.15, 0.2) is 5.65 Å². The number of hydrogen-bond donors (Lipinski definition) is 2. The number of carbonyl (C=O) groups is 1. The zero-order chi connectivity index (χ0) is 17.4. The van der Waals surface area contributed by atoms with Crippen molar-refractivity contribution >= 4 is 33.9 Å². The number of primary amides is 1. The number of carbonyl (C=O) groups excluding carboxylic acids is 1. The fourth-order valence-electron chi connectivity index (χ4n) is 2.38. The fourth-order valence-corrected chi connectivity index (χ4v) is 2.80. The number of rotatable bonds is 3. The summed E-state index contributed by atoms with van der Waals surface area (Å²) in [6.45, 7) is 0. The molecule has 2 aromatic heterocycles. The SMILES string of the molecule is C[S+]([O-])c1ncc2c(=O)c(C(N)=O)c(N)n(-c3ccccc3)c2n1. The van der Waals surface area contributed by atoms with Crippen molar-refractivity contribution < 1.29 is 9.35 Å². The minimum atomic E-state index is -1.45. The average Bonchev–Trinajstić information content (AvgIpc) is 2.55. The summed E-state index contributed by atoms with van der Waals surface area (Å²) >= 11 is -1.45. The Balaban J connectivity index is 2.52. The topological polar surface area (TPSA) is 140 Å². The van der Waals surface area contributed by atoms with Gasteiger partial charge < -0.3 is 16.0 Å². The van der Waals surface area contributed by atoms with Gasteiger partial charge in [0.05, 0.1) is 5.39 Å². The van der Waals surface area contributed by atoms with Crippen LogP contribution in [0.5, 0.6) is 0 Å². The molecule has 9 heteroatoms. The first kappa shape index (κ1) is 16.0. The molecule has 0 radical (unpaired) electrons. The smallest absolute Gasteiger partial charge is 0.344 e. The van der Waals surface area contributed by atoms with Crippen LogP contribution in [0, 0.1) is 0 Å². The number of benzene rings is 1. The van der Waals surface area contributed by atoms with Crippen molar-refractivity contribution in [1.82, 2.24) is 14.5 Å². The number of para-hydroxylation sites is 1. The van der Waals surface area contributed by atoms with Gasteiger partial charge in [-0.1, -0.05) is 18.2 Å². The minimum absolute atomic E-state index is 0.0535. The molecule has 0 bridgehead atoms. The van der Waals surface area contributed by atoms with E-state index in [0.717, 1.165) is 0 Å². The van der Waals surface area contributed by atoms with Crippen LogP contribution in [0.15, 0.2) is 46.5 Å². The molecule has 2 heterocycles. The number of anilines is 1. The first-order valence-corrected chi connectivity index (χ1v) is 8.37. The van der Waals surface area contributed by atoms with Crippen LogP contribution < -0.4 is 16.9 Å². The van der Waals surface area contributed by atoms with Crippen LogP contribution in [0.3, 0.4) is 0 Å². The molecule has 4 N–H and O–H groups in total. The minimum Gasteiger partial charge on any atom is -0.609 e. The Morgan fingerprint density at radius 1 is 1.29 bits per heavy atom. The van der Waals surface area contributed by atoms with Gasteiger partial charge >= 0.3 is 5.16 Å². The van der Waals surface area contributed by atoms with E-state index in [-0.39, 0.29) is 27.6 Å². The third kappa shape index (κ3) is 2.49. The molecule has 0 fully saturated rings. The summed E-state index contributed by atoms with van der Waals surface area (Å²) in [5.41, 5.74) is 11.1. The molecule has 8 nitrogen and oxygen atoms in total. The molecule has 24 heavy (non-hydrogen) atoms. The van der Waals surface area contributed by atoms with Crippen molar-refractivity contribution in [2.24, 2.45) is 5.73 Å². The van der Waals surface area contributed by atoms with Crippen molar-refractivity contribution in [2.45, 2.75) is 5.16 Å². The van der Waals surface area contributed by atoms with Crippen molar-refractivity contribution in [2.75, 3.05) is 12.0 Å². The zero-order valence-electron chi connectivity index (χ0n) is 12.6. The van der Waals surface area contributed by atoms with Crippen molar-refractivity contribution in [3.05, 3.63) is 52.3 Å². The van der Waals surface area contributed by atoms with Gasteiger partial charge in [0, 0.05) is 23.1 Å². The second-order valence-electron chi connectivity index (χ2n) is 4.97. The summed E-state index contributed by atoms with van der Waals surface area (Å²) in [6.07, 6.45) is 2.65. The molecule has 0 aliphatic carbocycles. The zero-order valence-corrected chi connectivity index (χ0v) is 13.4. The van der Waals surface area contributed by atoms with Gasteiger partial charge in [0.25, 0.3) is 5.91 Å². The second-order valence-corrected chi connectivity index (χ2v) is 6.24. The maximum Gasteiger partial charge on any atom is 0.344 e. The van der Waals surface area contributed by atoms with Gasteiger partial charge in [-0.2, -0.15) is 9.97 Å². The van der Waals surface area contributed by atoms with Gasteiger partial charge in [0.2, 0.25) is 5.43 Å². The number of hydrogen-bond acceptors (Lipinski definition) is 6. The largest absolute Gasteiger partial charge is 0.609 e. The van der Waals surface area contributed by atoms with E-state index in [1.807, 2.05) is 0 Å². The summed E-state index contributed by atoms with van der Waals surface area (Å²) in [5, 5.41) is 0.119. The molecule has 1 unspecified atom stereocenters. The van der Waals surface area contributed by atoms with E-state index in [4.69, 9.17) is 11.5 Å². The first-order valence-electron chi connectivity index (χ1n) is 6.81. The predicted molar refractivity (Wildman–Crippen MR) is 90.4 cm³/mol. The van der Waals surface area contributed by atoms with Gasteiger partial charge in [0.1, 0.15) is 17.6 Å². The monoisotopic (exact) mass is 343 g/mol. The highest BCUT2D eigenvalue weighted by atomic mass is 32.2. The lowest BCUT2D eigenvalue weighted by Gasteiger charge is -2.16. The molecule has 0 aliphatic heterocycles. The molecule has 0 aliphatic rings. The Labute approximate surface area is 139 Å². The fraction of sp³-hybridized carbons (Fsp3) is 0.0667. The molecular weight excluding hydrogens is 330 g/mol. The molecule has 122 valence electrons. The van der Waals surface area contributed by atoms with E-state index in [2.05, 4.69) is 9.97 Å². The molecule has 0 saturated heterocycles. The van der Waals surface area contributed by atoms with Gasteiger partial charge in [-0.3, -0.25) is 14.2 Å². The third-order valence-electron chi connectivity index (χ3n) is 3.44. The van der Waals surface area contributed by atoms with E-state index >= 15 is 0 Å². The van der Waals surface area contributed by atoms with Crippen molar-refractivity contribution in [1.29, 1.82) is 0 Å². The van der Waals surface area contributed by atoms with Gasteiger partial charge in [-0.15, -0.1) is 0 Å². The van der Waals surface area contributed by atoms with Crippen molar-refractivity contribution in [3.63, 3.8) is 0 Å². The number of nitrogens with zero attached hydrogens (tertiary/aromatic N) is 3. The van der Waals surface area contributed by atoms with Crippen LogP contribution >= 0.6 is 0 Å². The summed E-state index contributed by atoms with van der Waals surface area (Å²) in [6, 6.07) is 8.80. The van der Waals surface area contributed by atoms with Crippen LogP contribution in [-0.2, 0) is 11.2 Å².